The van der Waals surface area contributed by atoms with Crippen LogP contribution in [0.5, 0.6) is 0 Å². The number of halogens is 1. The predicted octanol–water partition coefficient (Wildman–Crippen LogP) is 8.64. The molecule has 49 heavy (non-hydrogen) atoms. The maximum atomic E-state index is 16.4. The molecule has 5 aromatic rings. The van der Waals surface area contributed by atoms with E-state index in [0.29, 0.717) is 47.7 Å². The highest BCUT2D eigenvalue weighted by molar-refractivity contribution is 5.92. The summed E-state index contributed by atoms with van der Waals surface area (Å²) in [5.41, 5.74) is 2.19. The van der Waals surface area contributed by atoms with Crippen molar-refractivity contribution in [1.82, 2.24) is 19.4 Å². The molecule has 0 radical (unpaired) electrons. The Labute approximate surface area is 287 Å². The largest absolute Gasteiger partial charge is 0.444 e. The van der Waals surface area contributed by atoms with Gasteiger partial charge in [-0.15, -0.1) is 0 Å². The molecule has 1 atom stereocenters. The molecule has 3 aromatic carbocycles. The van der Waals surface area contributed by atoms with Crippen LogP contribution in [-0.4, -0.2) is 56.8 Å². The van der Waals surface area contributed by atoms with Crippen molar-refractivity contribution < 1.29 is 13.9 Å². The van der Waals surface area contributed by atoms with Crippen LogP contribution in [0, 0.1) is 18.2 Å². The quantitative estimate of drug-likeness (QED) is 0.192. The number of aryl methyl sites for hydroxylation is 1. The number of pyridine rings is 1. The third-order valence-corrected chi connectivity index (χ3v) is 9.25. The Kier molecular flexibility index (Phi) is 8.76. The molecular weight excluding hydrogens is 617 g/mol. The molecule has 1 aliphatic heterocycles. The maximum Gasteiger partial charge on any atom is 0.410 e. The molecule has 0 aliphatic carbocycles. The summed E-state index contributed by atoms with van der Waals surface area (Å²) in [6, 6.07) is 20.8. The van der Waals surface area contributed by atoms with Gasteiger partial charge in [0.25, 0.3) is 0 Å². The van der Waals surface area contributed by atoms with E-state index in [0.717, 1.165) is 21.9 Å². The lowest BCUT2D eigenvalue weighted by Gasteiger charge is -2.47. The zero-order valence-electron chi connectivity index (χ0n) is 30.0. The highest BCUT2D eigenvalue weighted by atomic mass is 19.1. The highest BCUT2D eigenvalue weighted by Gasteiger charge is 2.41. The maximum absolute atomic E-state index is 16.4. The average Bonchev–Trinajstić information content (AvgIpc) is 3.03. The lowest BCUT2D eigenvalue weighted by atomic mass is 9.84. The average molecular weight is 664 g/mol. The van der Waals surface area contributed by atoms with Crippen molar-refractivity contribution in [3.05, 3.63) is 94.2 Å². The number of aromatic nitrogens is 3. The van der Waals surface area contributed by atoms with Gasteiger partial charge in [-0.05, 0) is 73.1 Å². The smallest absolute Gasteiger partial charge is 0.410 e. The van der Waals surface area contributed by atoms with Gasteiger partial charge in [-0.2, -0.15) is 4.98 Å². The van der Waals surface area contributed by atoms with Crippen molar-refractivity contribution in [2.45, 2.75) is 79.9 Å². The monoisotopic (exact) mass is 663 g/mol. The van der Waals surface area contributed by atoms with Crippen molar-refractivity contribution in [2.24, 2.45) is 5.41 Å². The van der Waals surface area contributed by atoms with E-state index in [9.17, 15) is 9.59 Å². The number of carbonyl (C=O) groups excluding carboxylic acids is 1. The molecule has 1 unspecified atom stereocenters. The number of piperazine rings is 1. The lowest BCUT2D eigenvalue weighted by Crippen LogP contribution is -2.60. The minimum atomic E-state index is -0.644. The zero-order chi connectivity index (χ0) is 35.4. The third kappa shape index (κ3) is 6.63. The molecule has 1 amide bonds. The van der Waals surface area contributed by atoms with E-state index in [-0.39, 0.29) is 29.2 Å². The number of anilines is 1. The molecule has 2 aromatic heterocycles. The lowest BCUT2D eigenvalue weighted by molar-refractivity contribution is -0.000679. The van der Waals surface area contributed by atoms with Crippen LogP contribution in [0.25, 0.3) is 38.8 Å². The SMILES string of the molecule is Cc1cccc(C(C)C)c1-n1c(=O)nc(N2CCN(C(=O)OC(C)(C)C)C(C(C)(C)C)C2)c2cc(F)c(-c3ccc4ccccc4c3)nc21. The minimum absolute atomic E-state index is 0.102. The first-order valence-corrected chi connectivity index (χ1v) is 17.0. The number of hydrogen-bond acceptors (Lipinski definition) is 6. The molecule has 1 fully saturated rings. The van der Waals surface area contributed by atoms with Crippen LogP contribution in [0.4, 0.5) is 15.0 Å². The van der Waals surface area contributed by atoms with E-state index in [2.05, 4.69) is 39.6 Å². The van der Waals surface area contributed by atoms with E-state index >= 15 is 4.39 Å². The number of benzene rings is 3. The van der Waals surface area contributed by atoms with Gasteiger partial charge >= 0.3 is 11.8 Å². The third-order valence-electron chi connectivity index (χ3n) is 9.25. The van der Waals surface area contributed by atoms with Crippen LogP contribution in [-0.2, 0) is 4.74 Å². The molecule has 0 N–H and O–H groups in total. The number of nitrogens with zero attached hydrogens (tertiary/aromatic N) is 5. The first-order chi connectivity index (χ1) is 23.0. The number of ether oxygens (including phenoxy) is 1. The van der Waals surface area contributed by atoms with Gasteiger partial charge in [0.2, 0.25) is 0 Å². The van der Waals surface area contributed by atoms with E-state index in [1.807, 2.05) is 93.3 Å². The van der Waals surface area contributed by atoms with Crippen molar-refractivity contribution in [3.63, 3.8) is 0 Å². The van der Waals surface area contributed by atoms with Crippen molar-refractivity contribution in [1.29, 1.82) is 0 Å². The summed E-state index contributed by atoms with van der Waals surface area (Å²) >= 11 is 0. The second-order valence-corrected chi connectivity index (χ2v) is 15.5. The van der Waals surface area contributed by atoms with Crippen LogP contribution >= 0.6 is 0 Å². The number of rotatable bonds is 4. The van der Waals surface area contributed by atoms with E-state index < -0.39 is 17.1 Å². The summed E-state index contributed by atoms with van der Waals surface area (Å²) in [5, 5.41) is 2.43. The molecule has 0 spiro atoms. The molecule has 0 bridgehead atoms. The first kappa shape index (κ1) is 34.1. The van der Waals surface area contributed by atoms with E-state index in [1.54, 1.807) is 9.47 Å². The van der Waals surface area contributed by atoms with Gasteiger partial charge in [0.05, 0.1) is 17.1 Å². The second-order valence-electron chi connectivity index (χ2n) is 15.5. The van der Waals surface area contributed by atoms with Crippen molar-refractivity contribution in [2.75, 3.05) is 24.5 Å². The fourth-order valence-electron chi connectivity index (χ4n) is 6.80. The first-order valence-electron chi connectivity index (χ1n) is 17.0. The molecule has 8 nitrogen and oxygen atoms in total. The van der Waals surface area contributed by atoms with Gasteiger partial charge in [0.1, 0.15) is 22.9 Å². The summed E-state index contributed by atoms with van der Waals surface area (Å²) in [5.74, 6) is -0.0550. The fourth-order valence-corrected chi connectivity index (χ4v) is 6.80. The fraction of sp³-hybridized carbons (Fsp3) is 0.400. The molecule has 9 heteroatoms. The Morgan fingerprint density at radius 2 is 1.63 bits per heavy atom. The van der Waals surface area contributed by atoms with E-state index in [1.165, 1.54) is 6.07 Å². The summed E-state index contributed by atoms with van der Waals surface area (Å²) in [6.07, 6.45) is -0.381. The van der Waals surface area contributed by atoms with Crippen LogP contribution in [0.2, 0.25) is 0 Å². The predicted molar refractivity (Wildman–Crippen MR) is 195 cm³/mol. The van der Waals surface area contributed by atoms with Crippen LogP contribution < -0.4 is 10.6 Å². The molecular formula is C40H46FN5O3. The Morgan fingerprint density at radius 1 is 0.918 bits per heavy atom. The van der Waals surface area contributed by atoms with Crippen LogP contribution in [0.3, 0.4) is 0 Å². The summed E-state index contributed by atoms with van der Waals surface area (Å²) in [7, 11) is 0. The van der Waals surface area contributed by atoms with Crippen molar-refractivity contribution in [3.8, 4) is 16.9 Å². The summed E-state index contributed by atoms with van der Waals surface area (Å²) in [4.78, 5) is 41.1. The van der Waals surface area contributed by atoms with Gasteiger partial charge in [0, 0.05) is 25.2 Å². The Balaban J connectivity index is 1.57. The van der Waals surface area contributed by atoms with Gasteiger partial charge in [-0.3, -0.25) is 0 Å². The van der Waals surface area contributed by atoms with Crippen LogP contribution in [0.1, 0.15) is 72.4 Å². The molecule has 1 aliphatic rings. The molecule has 256 valence electrons. The van der Waals surface area contributed by atoms with Gasteiger partial charge in [-0.25, -0.2) is 23.5 Å². The topological polar surface area (TPSA) is 80.6 Å². The molecule has 6 rings (SSSR count). The summed E-state index contributed by atoms with van der Waals surface area (Å²) < 4.78 is 23.7. The Hall–Kier alpha value is -4.79. The van der Waals surface area contributed by atoms with Crippen molar-refractivity contribution >= 4 is 33.7 Å². The minimum Gasteiger partial charge on any atom is -0.444 e. The van der Waals surface area contributed by atoms with E-state index in [4.69, 9.17) is 9.72 Å². The zero-order valence-corrected chi connectivity index (χ0v) is 30.0. The molecule has 0 saturated carbocycles. The number of carbonyl (C=O) groups is 1. The number of fused-ring (bicyclic) bond motifs is 2. The molecule has 1 saturated heterocycles. The van der Waals surface area contributed by atoms with Gasteiger partial charge in [0.15, 0.2) is 5.65 Å². The van der Waals surface area contributed by atoms with Gasteiger partial charge in [-0.1, -0.05) is 89.2 Å². The number of amides is 1. The van der Waals surface area contributed by atoms with Gasteiger partial charge < -0.3 is 14.5 Å². The highest BCUT2D eigenvalue weighted by Crippen LogP contribution is 2.36. The summed E-state index contributed by atoms with van der Waals surface area (Å²) in [6.45, 7) is 19.0. The normalized spacial score (nSPS) is 15.8. The molecule has 3 heterocycles. The number of para-hydroxylation sites is 1. The second kappa shape index (κ2) is 12.6. The van der Waals surface area contributed by atoms with Crippen LogP contribution in [0.15, 0.2) is 71.5 Å². The standard InChI is InChI=1S/C40H46FN5O3/c1-24(2)29-16-12-13-25(3)34(29)46-36-30(22-31(41)33(42-36)28-18-17-26-14-10-11-15-27(26)21-28)35(43-37(46)47)44-19-20-45(32(23-44)39(4,5)6)38(48)49-40(7,8)9/h10-18,21-22,24,32H,19-20,23H2,1-9H3. The number of hydrogen-bond donors (Lipinski definition) is 0. The Morgan fingerprint density at radius 3 is 2.31 bits per heavy atom. The Bertz CT molecular complexity index is 2130.